The van der Waals surface area contributed by atoms with Crippen LogP contribution >= 0.6 is 11.8 Å². The van der Waals surface area contributed by atoms with E-state index in [1.165, 1.54) is 16.7 Å². The molecular formula is C26H23N3O4S. The number of aryl methyl sites for hydroxylation is 1. The maximum atomic E-state index is 14.0. The summed E-state index contributed by atoms with van der Waals surface area (Å²) in [6.45, 7) is 1.82. The highest BCUT2D eigenvalue weighted by molar-refractivity contribution is 8.02. The van der Waals surface area contributed by atoms with Crippen molar-refractivity contribution in [2.75, 3.05) is 34.5 Å². The highest BCUT2D eigenvalue weighted by Crippen LogP contribution is 2.55. The van der Waals surface area contributed by atoms with Crippen LogP contribution in [0, 0.1) is 6.92 Å². The molecule has 3 aromatic rings. The standard InChI is InChI=1S/C26H23N3O4S/c1-17-7-9-18(10-8-17)27-23(30)15-28-22-6-4-3-5-21(22)26(25(28)32)29(24(31)16-34-26)19-11-13-20(33-2)14-12-19/h3-14H,15-16H2,1-2H3,(H,27,30)/t26-/m0/s1. The fraction of sp³-hybridized carbons (Fsp3) is 0.192. The predicted octanol–water partition coefficient (Wildman–Crippen LogP) is 3.92. The van der Waals surface area contributed by atoms with Gasteiger partial charge in [0.2, 0.25) is 16.7 Å². The first-order valence-corrected chi connectivity index (χ1v) is 11.8. The zero-order chi connectivity index (χ0) is 23.9. The summed E-state index contributed by atoms with van der Waals surface area (Å²) in [5, 5.41) is 2.86. The molecular weight excluding hydrogens is 450 g/mol. The molecule has 1 N–H and O–H groups in total. The molecule has 172 valence electrons. The van der Waals surface area contributed by atoms with Crippen LogP contribution < -0.4 is 19.9 Å². The molecule has 7 nitrogen and oxygen atoms in total. The number of nitrogens with one attached hydrogen (secondary N) is 1. The summed E-state index contributed by atoms with van der Waals surface area (Å²) < 4.78 is 5.24. The lowest BCUT2D eigenvalue weighted by Crippen LogP contribution is -2.50. The van der Waals surface area contributed by atoms with E-state index >= 15 is 0 Å². The Bertz CT molecular complexity index is 1280. The quantitative estimate of drug-likeness (QED) is 0.608. The van der Waals surface area contributed by atoms with E-state index in [0.717, 1.165) is 5.56 Å². The van der Waals surface area contributed by atoms with Gasteiger partial charge < -0.3 is 10.1 Å². The SMILES string of the molecule is COc1ccc(N2C(=O)CS[C@@]23C(=O)N(CC(=O)Nc2ccc(C)cc2)c2ccccc23)cc1. The third-order valence-electron chi connectivity index (χ3n) is 6.03. The van der Waals surface area contributed by atoms with Crippen LogP contribution in [-0.4, -0.2) is 37.1 Å². The van der Waals surface area contributed by atoms with Gasteiger partial charge in [-0.2, -0.15) is 0 Å². The predicted molar refractivity (Wildman–Crippen MR) is 133 cm³/mol. The smallest absolute Gasteiger partial charge is 0.269 e. The van der Waals surface area contributed by atoms with Crippen molar-refractivity contribution < 1.29 is 19.1 Å². The van der Waals surface area contributed by atoms with Gasteiger partial charge in [-0.05, 0) is 49.4 Å². The first-order chi connectivity index (χ1) is 16.4. The summed E-state index contributed by atoms with van der Waals surface area (Å²) >= 11 is 1.28. The Morgan fingerprint density at radius 1 is 1.03 bits per heavy atom. The van der Waals surface area contributed by atoms with E-state index < -0.39 is 4.87 Å². The lowest BCUT2D eigenvalue weighted by Gasteiger charge is -2.33. The van der Waals surface area contributed by atoms with Crippen LogP contribution in [0.5, 0.6) is 5.75 Å². The molecule has 3 aromatic carbocycles. The summed E-state index contributed by atoms with van der Waals surface area (Å²) in [7, 11) is 1.57. The minimum absolute atomic E-state index is 0.156. The molecule has 0 radical (unpaired) electrons. The second-order valence-electron chi connectivity index (χ2n) is 8.18. The first kappa shape index (κ1) is 22.0. The van der Waals surface area contributed by atoms with Crippen molar-refractivity contribution in [2.24, 2.45) is 0 Å². The van der Waals surface area contributed by atoms with Gasteiger partial charge in [0.15, 0.2) is 0 Å². The van der Waals surface area contributed by atoms with Gasteiger partial charge >= 0.3 is 0 Å². The fourth-order valence-electron chi connectivity index (χ4n) is 4.42. The maximum Gasteiger partial charge on any atom is 0.269 e. The highest BCUT2D eigenvalue weighted by Gasteiger charge is 2.61. The zero-order valence-corrected chi connectivity index (χ0v) is 19.6. The molecule has 0 bridgehead atoms. The Labute approximate surface area is 201 Å². The number of nitrogens with zero attached hydrogens (tertiary/aromatic N) is 2. The van der Waals surface area contributed by atoms with Crippen LogP contribution in [0.3, 0.4) is 0 Å². The van der Waals surface area contributed by atoms with E-state index in [1.807, 2.05) is 55.5 Å². The topological polar surface area (TPSA) is 79.0 Å². The molecule has 0 aliphatic carbocycles. The molecule has 1 atom stereocenters. The average molecular weight is 474 g/mol. The molecule has 34 heavy (non-hydrogen) atoms. The van der Waals surface area contributed by atoms with Crippen molar-refractivity contribution >= 4 is 46.5 Å². The number of para-hydroxylation sites is 1. The van der Waals surface area contributed by atoms with Crippen molar-refractivity contribution in [1.82, 2.24) is 0 Å². The van der Waals surface area contributed by atoms with E-state index in [1.54, 1.807) is 36.3 Å². The number of carbonyl (C=O) groups is 3. The molecule has 2 aliphatic heterocycles. The number of thioether (sulfide) groups is 1. The Hall–Kier alpha value is -3.78. The number of methoxy groups -OCH3 is 1. The third-order valence-corrected chi connectivity index (χ3v) is 7.42. The van der Waals surface area contributed by atoms with Crippen LogP contribution in [0.1, 0.15) is 11.1 Å². The van der Waals surface area contributed by atoms with E-state index in [4.69, 9.17) is 4.74 Å². The van der Waals surface area contributed by atoms with E-state index in [2.05, 4.69) is 5.32 Å². The second-order valence-corrected chi connectivity index (χ2v) is 9.35. The van der Waals surface area contributed by atoms with Crippen LogP contribution in [0.15, 0.2) is 72.8 Å². The maximum absolute atomic E-state index is 14.0. The summed E-state index contributed by atoms with van der Waals surface area (Å²) in [6, 6.07) is 21.9. The monoisotopic (exact) mass is 473 g/mol. The molecule has 5 rings (SSSR count). The van der Waals surface area contributed by atoms with Crippen molar-refractivity contribution in [3.8, 4) is 5.75 Å². The van der Waals surface area contributed by atoms with E-state index in [0.29, 0.717) is 28.4 Å². The normalized spacial score (nSPS) is 19.0. The Morgan fingerprint density at radius 3 is 2.44 bits per heavy atom. The number of hydrogen-bond donors (Lipinski definition) is 1. The van der Waals surface area contributed by atoms with Crippen molar-refractivity contribution in [2.45, 2.75) is 11.8 Å². The van der Waals surface area contributed by atoms with Gasteiger partial charge in [-0.1, -0.05) is 35.9 Å². The number of hydrogen-bond acceptors (Lipinski definition) is 5. The van der Waals surface area contributed by atoms with Crippen LogP contribution in [0.4, 0.5) is 17.1 Å². The largest absolute Gasteiger partial charge is 0.497 e. The van der Waals surface area contributed by atoms with Gasteiger partial charge in [0, 0.05) is 16.9 Å². The molecule has 3 amide bonds. The number of fused-ring (bicyclic) bond motifs is 2. The molecule has 2 aliphatic rings. The van der Waals surface area contributed by atoms with Gasteiger partial charge in [0.25, 0.3) is 5.91 Å². The number of anilines is 3. The van der Waals surface area contributed by atoms with Crippen LogP contribution in [0.25, 0.3) is 0 Å². The van der Waals surface area contributed by atoms with Gasteiger partial charge in [0.05, 0.1) is 18.6 Å². The van der Waals surface area contributed by atoms with E-state index in [9.17, 15) is 14.4 Å². The molecule has 1 spiro atoms. The molecule has 1 saturated heterocycles. The van der Waals surface area contributed by atoms with Crippen molar-refractivity contribution in [3.63, 3.8) is 0 Å². The Balaban J connectivity index is 1.50. The van der Waals surface area contributed by atoms with Crippen LogP contribution in [0.2, 0.25) is 0 Å². The molecule has 2 heterocycles. The number of rotatable bonds is 5. The molecule has 8 heteroatoms. The van der Waals surface area contributed by atoms with Crippen molar-refractivity contribution in [1.29, 1.82) is 0 Å². The Morgan fingerprint density at radius 2 is 1.74 bits per heavy atom. The number of amides is 3. The number of ether oxygens (including phenoxy) is 1. The van der Waals surface area contributed by atoms with Gasteiger partial charge in [-0.15, -0.1) is 11.8 Å². The lowest BCUT2D eigenvalue weighted by molar-refractivity contribution is -0.124. The fourth-order valence-corrected chi connectivity index (χ4v) is 5.78. The molecule has 1 fully saturated rings. The van der Waals surface area contributed by atoms with Gasteiger partial charge in [-0.3, -0.25) is 24.2 Å². The summed E-state index contributed by atoms with van der Waals surface area (Å²) in [5.74, 6) is 0.0397. The van der Waals surface area contributed by atoms with Gasteiger partial charge in [-0.25, -0.2) is 0 Å². The van der Waals surface area contributed by atoms with E-state index in [-0.39, 0.29) is 30.0 Å². The molecule has 0 saturated carbocycles. The highest BCUT2D eigenvalue weighted by atomic mass is 32.2. The minimum Gasteiger partial charge on any atom is -0.497 e. The number of benzene rings is 3. The second kappa shape index (κ2) is 8.53. The summed E-state index contributed by atoms with van der Waals surface area (Å²) in [4.78, 5) is 41.7. The number of carbonyl (C=O) groups excluding carboxylic acids is 3. The average Bonchev–Trinajstić information content (AvgIpc) is 3.31. The summed E-state index contributed by atoms with van der Waals surface area (Å²) in [5.41, 5.74) is 3.69. The lowest BCUT2D eigenvalue weighted by atomic mass is 10.0. The molecule has 0 unspecified atom stereocenters. The minimum atomic E-state index is -1.26. The Kier molecular flexibility index (Phi) is 5.53. The third kappa shape index (κ3) is 3.51. The summed E-state index contributed by atoms with van der Waals surface area (Å²) in [6.07, 6.45) is 0. The molecule has 0 aromatic heterocycles. The zero-order valence-electron chi connectivity index (χ0n) is 18.8. The van der Waals surface area contributed by atoms with Crippen molar-refractivity contribution in [3.05, 3.63) is 83.9 Å². The first-order valence-electron chi connectivity index (χ1n) is 10.8. The van der Waals surface area contributed by atoms with Gasteiger partial charge in [0.1, 0.15) is 12.3 Å². The van der Waals surface area contributed by atoms with Crippen LogP contribution in [-0.2, 0) is 19.3 Å².